The van der Waals surface area contributed by atoms with Crippen molar-refractivity contribution < 1.29 is 4.79 Å². The summed E-state index contributed by atoms with van der Waals surface area (Å²) >= 11 is 0. The second-order valence-corrected chi connectivity index (χ2v) is 12.0. The maximum absolute atomic E-state index is 14.6. The number of nitrogens with two attached hydrogens (primary N) is 1. The van der Waals surface area contributed by atoms with Crippen LogP contribution in [0.3, 0.4) is 0 Å². The van der Waals surface area contributed by atoms with Crippen molar-refractivity contribution in [2.45, 2.75) is 176 Å². The van der Waals surface area contributed by atoms with Crippen LogP contribution in [0.15, 0.2) is 0 Å². The van der Waals surface area contributed by atoms with E-state index in [4.69, 9.17) is 5.73 Å². The van der Waals surface area contributed by atoms with Crippen molar-refractivity contribution in [3.63, 3.8) is 0 Å². The Morgan fingerprint density at radius 1 is 0.588 bits per heavy atom. The summed E-state index contributed by atoms with van der Waals surface area (Å²) in [6, 6.07) is 0. The summed E-state index contributed by atoms with van der Waals surface area (Å²) in [7, 11) is 0. The quantitative estimate of drug-likeness (QED) is 0.132. The van der Waals surface area contributed by atoms with Crippen LogP contribution in [0.25, 0.3) is 0 Å². The third kappa shape index (κ3) is 13.6. The van der Waals surface area contributed by atoms with Gasteiger partial charge in [0.2, 0.25) is 0 Å². The Kier molecular flexibility index (Phi) is 20.6. The smallest absolute Gasteiger partial charge is 0.142 e. The van der Waals surface area contributed by atoms with Gasteiger partial charge in [-0.05, 0) is 50.5 Å². The van der Waals surface area contributed by atoms with Gasteiger partial charge in [-0.25, -0.2) is 0 Å². The molecule has 0 spiro atoms. The van der Waals surface area contributed by atoms with Crippen molar-refractivity contribution in [3.8, 4) is 0 Å². The van der Waals surface area contributed by atoms with Crippen LogP contribution in [-0.2, 0) is 4.79 Å². The second kappa shape index (κ2) is 20.8. The fraction of sp³-hybridized carbons (Fsp3) is 0.969. The molecular formula is C32H65NO. The number of hydrogen-bond donors (Lipinski definition) is 1. The summed E-state index contributed by atoms with van der Waals surface area (Å²) in [4.78, 5) is 14.6. The van der Waals surface area contributed by atoms with Gasteiger partial charge in [-0.15, -0.1) is 0 Å². The van der Waals surface area contributed by atoms with Crippen molar-refractivity contribution in [2.75, 3.05) is 6.54 Å². The first-order valence-electron chi connectivity index (χ1n) is 15.6. The van der Waals surface area contributed by atoms with Gasteiger partial charge in [0.05, 0.1) is 0 Å². The summed E-state index contributed by atoms with van der Waals surface area (Å²) in [5, 5.41) is 0. The first-order valence-corrected chi connectivity index (χ1v) is 15.6. The highest BCUT2D eigenvalue weighted by atomic mass is 16.1. The largest absolute Gasteiger partial charge is 0.330 e. The van der Waals surface area contributed by atoms with E-state index in [-0.39, 0.29) is 16.7 Å². The normalized spacial score (nSPS) is 14.8. The Labute approximate surface area is 216 Å². The summed E-state index contributed by atoms with van der Waals surface area (Å²) in [5.74, 6) is 0.821. The number of Topliss-reactive ketones (excluding diaryl/α,β-unsaturated/α-hetero) is 1. The molecule has 0 aromatic rings. The number of hydrogen-bond acceptors (Lipinski definition) is 2. The van der Waals surface area contributed by atoms with Gasteiger partial charge < -0.3 is 5.73 Å². The van der Waals surface area contributed by atoms with E-state index in [2.05, 4.69) is 41.5 Å². The van der Waals surface area contributed by atoms with E-state index in [0.29, 0.717) is 5.78 Å². The first kappa shape index (κ1) is 33.6. The SMILES string of the molecule is CCCCCCC(C)(CCCCCC)C(=O)C(CCCCN)C(C)(CCCC)CCCCCC. The Bertz CT molecular complexity index is 462. The predicted molar refractivity (Wildman–Crippen MR) is 153 cm³/mol. The fourth-order valence-corrected chi connectivity index (χ4v) is 5.97. The van der Waals surface area contributed by atoms with Crippen molar-refractivity contribution in [1.29, 1.82) is 0 Å². The average molecular weight is 480 g/mol. The third-order valence-corrected chi connectivity index (χ3v) is 8.57. The Morgan fingerprint density at radius 2 is 1.03 bits per heavy atom. The molecule has 0 aliphatic rings. The topological polar surface area (TPSA) is 43.1 Å². The number of rotatable bonds is 25. The molecule has 0 amide bonds. The van der Waals surface area contributed by atoms with Crippen molar-refractivity contribution in [3.05, 3.63) is 0 Å². The maximum atomic E-state index is 14.6. The number of ketones is 1. The van der Waals surface area contributed by atoms with E-state index >= 15 is 0 Å². The van der Waals surface area contributed by atoms with Crippen LogP contribution in [0.1, 0.15) is 176 Å². The molecule has 2 nitrogen and oxygen atoms in total. The number of carbonyl (C=O) groups excluding carboxylic acids is 1. The second-order valence-electron chi connectivity index (χ2n) is 12.0. The van der Waals surface area contributed by atoms with E-state index in [1.165, 1.54) is 103 Å². The van der Waals surface area contributed by atoms with Gasteiger partial charge in [-0.3, -0.25) is 4.79 Å². The molecule has 0 aromatic carbocycles. The zero-order valence-electron chi connectivity index (χ0n) is 24.6. The maximum Gasteiger partial charge on any atom is 0.142 e. The molecule has 0 saturated heterocycles. The van der Waals surface area contributed by atoms with Gasteiger partial charge in [0.25, 0.3) is 0 Å². The predicted octanol–water partition coefficient (Wildman–Crippen LogP) is 10.4. The first-order chi connectivity index (χ1) is 16.3. The molecule has 0 aromatic heterocycles. The summed E-state index contributed by atoms with van der Waals surface area (Å²) in [6.45, 7) is 14.7. The lowest BCUT2D eigenvalue weighted by Crippen LogP contribution is -2.42. The zero-order valence-corrected chi connectivity index (χ0v) is 24.6. The van der Waals surface area contributed by atoms with Crippen LogP contribution < -0.4 is 5.73 Å². The molecule has 2 N–H and O–H groups in total. The lowest BCUT2D eigenvalue weighted by Gasteiger charge is -2.42. The Hall–Kier alpha value is -0.370. The monoisotopic (exact) mass is 480 g/mol. The Balaban J connectivity index is 5.82. The summed E-state index contributed by atoms with van der Waals surface area (Å²) in [5.41, 5.74) is 5.88. The van der Waals surface area contributed by atoms with Crippen molar-refractivity contribution in [1.82, 2.24) is 0 Å². The minimum atomic E-state index is -0.147. The van der Waals surface area contributed by atoms with Gasteiger partial charge in [0, 0.05) is 11.3 Å². The van der Waals surface area contributed by atoms with Crippen LogP contribution in [-0.4, -0.2) is 12.3 Å². The molecular weight excluding hydrogens is 414 g/mol. The average Bonchev–Trinajstić information content (AvgIpc) is 2.83. The molecule has 0 saturated carbocycles. The van der Waals surface area contributed by atoms with E-state index in [1.54, 1.807) is 0 Å². The van der Waals surface area contributed by atoms with Crippen LogP contribution in [0.2, 0.25) is 0 Å². The molecule has 0 heterocycles. The van der Waals surface area contributed by atoms with Crippen LogP contribution in [0, 0.1) is 16.7 Å². The number of carbonyl (C=O) groups is 1. The zero-order chi connectivity index (χ0) is 25.7. The van der Waals surface area contributed by atoms with Gasteiger partial charge >= 0.3 is 0 Å². The van der Waals surface area contributed by atoms with Crippen LogP contribution in [0.5, 0.6) is 0 Å². The van der Waals surface area contributed by atoms with Gasteiger partial charge in [0.1, 0.15) is 5.78 Å². The lowest BCUT2D eigenvalue weighted by atomic mass is 9.60. The minimum absolute atomic E-state index is 0.142. The van der Waals surface area contributed by atoms with Crippen LogP contribution >= 0.6 is 0 Å². The highest BCUT2D eigenvalue weighted by Crippen LogP contribution is 2.47. The van der Waals surface area contributed by atoms with E-state index in [9.17, 15) is 4.79 Å². The van der Waals surface area contributed by atoms with Crippen molar-refractivity contribution >= 4 is 5.78 Å². The molecule has 0 radical (unpaired) electrons. The van der Waals surface area contributed by atoms with Gasteiger partial charge in [0.15, 0.2) is 0 Å². The van der Waals surface area contributed by atoms with Gasteiger partial charge in [-0.2, -0.15) is 0 Å². The Morgan fingerprint density at radius 3 is 1.47 bits per heavy atom. The van der Waals surface area contributed by atoms with Crippen LogP contribution in [0.4, 0.5) is 0 Å². The molecule has 2 unspecified atom stereocenters. The third-order valence-electron chi connectivity index (χ3n) is 8.57. The van der Waals surface area contributed by atoms with E-state index < -0.39 is 0 Å². The molecule has 0 rings (SSSR count). The fourth-order valence-electron chi connectivity index (χ4n) is 5.97. The summed E-state index contributed by atoms with van der Waals surface area (Å²) < 4.78 is 0. The summed E-state index contributed by atoms with van der Waals surface area (Å²) in [6.07, 6.45) is 25.5. The molecule has 0 aliphatic carbocycles. The van der Waals surface area contributed by atoms with E-state index in [0.717, 1.165) is 38.6 Å². The standard InChI is InChI=1S/C32H65NO/c1-7-11-15-19-25-31(5,24-14-10-4)29(23-18-22-28-33)30(34)32(6,26-20-16-12-8-2)27-21-17-13-9-3/h29H,7-28,33H2,1-6H3. The molecule has 0 bridgehead atoms. The molecule has 2 atom stereocenters. The lowest BCUT2D eigenvalue weighted by molar-refractivity contribution is -0.138. The molecule has 0 fully saturated rings. The highest BCUT2D eigenvalue weighted by molar-refractivity contribution is 5.87. The molecule has 34 heavy (non-hydrogen) atoms. The highest BCUT2D eigenvalue weighted by Gasteiger charge is 2.44. The molecule has 204 valence electrons. The van der Waals surface area contributed by atoms with Crippen molar-refractivity contribution in [2.24, 2.45) is 22.5 Å². The number of unbranched alkanes of at least 4 members (excludes halogenated alkanes) is 11. The van der Waals surface area contributed by atoms with E-state index in [1.807, 2.05) is 0 Å². The molecule has 0 aliphatic heterocycles. The van der Waals surface area contributed by atoms with Gasteiger partial charge in [-0.1, -0.05) is 138 Å². The minimum Gasteiger partial charge on any atom is -0.330 e. The molecule has 2 heteroatoms.